The van der Waals surface area contributed by atoms with Gasteiger partial charge in [-0.15, -0.1) is 0 Å². The van der Waals surface area contributed by atoms with E-state index in [1.165, 1.54) is 14.2 Å². The summed E-state index contributed by atoms with van der Waals surface area (Å²) < 4.78 is 52.7. The van der Waals surface area contributed by atoms with Crippen LogP contribution in [0, 0.1) is 0 Å². The average molecular weight is 473 g/mol. The molecule has 2 N–H and O–H groups in total. The van der Waals surface area contributed by atoms with Crippen molar-refractivity contribution in [2.75, 3.05) is 14.2 Å². The van der Waals surface area contributed by atoms with Crippen molar-refractivity contribution in [3.05, 3.63) is 74.6 Å². The molecule has 1 aliphatic carbocycles. The summed E-state index contributed by atoms with van der Waals surface area (Å²) in [4.78, 5) is 24.7. The Bertz CT molecular complexity index is 1310. The quantitative estimate of drug-likeness (QED) is 0.590. The lowest BCUT2D eigenvalue weighted by Gasteiger charge is -2.17. The first-order valence-electron chi connectivity index (χ1n) is 10.5. The Balaban J connectivity index is 1.90. The molecular weight excluding hydrogens is 451 g/mol. The van der Waals surface area contributed by atoms with E-state index in [4.69, 9.17) is 15.2 Å². The van der Waals surface area contributed by atoms with Crippen molar-refractivity contribution in [3.8, 4) is 22.8 Å². The maximum atomic E-state index is 13.7. The highest BCUT2D eigenvalue weighted by Crippen LogP contribution is 2.35. The number of aromatic nitrogens is 2. The molecule has 4 rings (SSSR count). The van der Waals surface area contributed by atoms with Gasteiger partial charge in [0, 0.05) is 22.8 Å². The Labute approximate surface area is 192 Å². The zero-order valence-corrected chi connectivity index (χ0v) is 18.5. The Morgan fingerprint density at radius 3 is 2.29 bits per heavy atom. The molecule has 0 aliphatic heterocycles. The minimum absolute atomic E-state index is 0.0880. The zero-order chi connectivity index (χ0) is 24.6. The summed E-state index contributed by atoms with van der Waals surface area (Å²) in [5.74, 6) is 0.150. The lowest BCUT2D eigenvalue weighted by Crippen LogP contribution is -2.29. The normalized spacial score (nSPS) is 13.0. The van der Waals surface area contributed by atoms with E-state index in [9.17, 15) is 22.8 Å². The van der Waals surface area contributed by atoms with Crippen LogP contribution in [0.5, 0.6) is 11.5 Å². The highest BCUT2D eigenvalue weighted by atomic mass is 19.4. The molecule has 0 saturated carbocycles. The summed E-state index contributed by atoms with van der Waals surface area (Å²) in [5, 5.41) is 4.47. The highest BCUT2D eigenvalue weighted by molar-refractivity contribution is 5.93. The minimum atomic E-state index is -4.69. The number of amides is 1. The fraction of sp³-hybridized carbons (Fsp3) is 0.292. The zero-order valence-electron chi connectivity index (χ0n) is 18.5. The van der Waals surface area contributed by atoms with Gasteiger partial charge in [-0.2, -0.15) is 18.3 Å². The van der Waals surface area contributed by atoms with Gasteiger partial charge in [0.05, 0.1) is 32.0 Å². The molecule has 3 aromatic rings. The van der Waals surface area contributed by atoms with Crippen LogP contribution in [0.15, 0.2) is 41.2 Å². The predicted octanol–water partition coefficient (Wildman–Crippen LogP) is 3.58. The van der Waals surface area contributed by atoms with E-state index >= 15 is 0 Å². The molecule has 0 spiro atoms. The van der Waals surface area contributed by atoms with Crippen LogP contribution in [0.25, 0.3) is 11.3 Å². The first-order valence-corrected chi connectivity index (χ1v) is 10.5. The number of carbonyl (C=O) groups is 1. The summed E-state index contributed by atoms with van der Waals surface area (Å²) in [7, 11) is 3.00. The SMILES string of the molecule is COc1cc(OC)cc(-c2nn(Cc3cc(C(N)=O)ccc3C(F)(F)F)c(=O)c3c2CCC3)c1. The van der Waals surface area contributed by atoms with Crippen LogP contribution in [-0.4, -0.2) is 29.9 Å². The molecule has 0 fully saturated rings. The number of carbonyl (C=O) groups excluding carboxylic acids is 1. The van der Waals surface area contributed by atoms with Crippen molar-refractivity contribution >= 4 is 5.91 Å². The Kier molecular flexibility index (Phi) is 6.07. The second-order valence-corrected chi connectivity index (χ2v) is 7.96. The Morgan fingerprint density at radius 1 is 1.06 bits per heavy atom. The fourth-order valence-electron chi connectivity index (χ4n) is 4.22. The molecule has 34 heavy (non-hydrogen) atoms. The van der Waals surface area contributed by atoms with Crippen LogP contribution < -0.4 is 20.8 Å². The van der Waals surface area contributed by atoms with Crippen molar-refractivity contribution in [2.45, 2.75) is 32.0 Å². The number of hydrogen-bond donors (Lipinski definition) is 1. The first-order chi connectivity index (χ1) is 16.1. The lowest BCUT2D eigenvalue weighted by molar-refractivity contribution is -0.138. The molecule has 0 saturated heterocycles. The number of halogens is 3. The van der Waals surface area contributed by atoms with Gasteiger partial charge in [0.2, 0.25) is 5.91 Å². The smallest absolute Gasteiger partial charge is 0.416 e. The van der Waals surface area contributed by atoms with E-state index in [1.807, 2.05) is 0 Å². The van der Waals surface area contributed by atoms with Crippen LogP contribution in [0.3, 0.4) is 0 Å². The Morgan fingerprint density at radius 2 is 1.71 bits per heavy atom. The minimum Gasteiger partial charge on any atom is -0.497 e. The molecule has 1 aromatic heterocycles. The second kappa shape index (κ2) is 8.85. The predicted molar refractivity (Wildman–Crippen MR) is 118 cm³/mol. The van der Waals surface area contributed by atoms with Gasteiger partial charge in [-0.1, -0.05) is 0 Å². The van der Waals surface area contributed by atoms with E-state index in [0.717, 1.165) is 34.9 Å². The third-order valence-corrected chi connectivity index (χ3v) is 5.86. The largest absolute Gasteiger partial charge is 0.497 e. The molecule has 0 atom stereocenters. The van der Waals surface area contributed by atoms with E-state index < -0.39 is 29.8 Å². The van der Waals surface area contributed by atoms with Gasteiger partial charge in [0.1, 0.15) is 11.5 Å². The maximum absolute atomic E-state index is 13.7. The number of primary amides is 1. The van der Waals surface area contributed by atoms with Gasteiger partial charge in [-0.05, 0) is 60.7 Å². The third kappa shape index (κ3) is 4.35. The summed E-state index contributed by atoms with van der Waals surface area (Å²) in [6, 6.07) is 8.01. The van der Waals surface area contributed by atoms with Crippen molar-refractivity contribution < 1.29 is 27.4 Å². The average Bonchev–Trinajstić information content (AvgIpc) is 3.30. The molecule has 10 heteroatoms. The monoisotopic (exact) mass is 473 g/mol. The van der Waals surface area contributed by atoms with Crippen LogP contribution in [0.1, 0.15) is 39.0 Å². The third-order valence-electron chi connectivity index (χ3n) is 5.86. The summed E-state index contributed by atoms with van der Waals surface area (Å²) in [5.41, 5.74) is 5.86. The van der Waals surface area contributed by atoms with Crippen LogP contribution in [0.4, 0.5) is 13.2 Å². The molecule has 0 unspecified atom stereocenters. The number of fused-ring (bicyclic) bond motifs is 1. The van der Waals surface area contributed by atoms with Crippen LogP contribution in [-0.2, 0) is 25.6 Å². The number of hydrogen-bond acceptors (Lipinski definition) is 5. The van der Waals surface area contributed by atoms with Gasteiger partial charge < -0.3 is 15.2 Å². The molecule has 1 amide bonds. The number of nitrogens with zero attached hydrogens (tertiary/aromatic N) is 2. The topological polar surface area (TPSA) is 96.4 Å². The lowest BCUT2D eigenvalue weighted by atomic mass is 10.0. The molecule has 178 valence electrons. The molecule has 0 bridgehead atoms. The highest BCUT2D eigenvalue weighted by Gasteiger charge is 2.34. The second-order valence-electron chi connectivity index (χ2n) is 7.96. The molecule has 2 aromatic carbocycles. The van der Waals surface area contributed by atoms with Crippen molar-refractivity contribution in [1.82, 2.24) is 9.78 Å². The van der Waals surface area contributed by atoms with Gasteiger partial charge >= 0.3 is 6.18 Å². The number of methoxy groups -OCH3 is 2. The van der Waals surface area contributed by atoms with Crippen LogP contribution in [0.2, 0.25) is 0 Å². The van der Waals surface area contributed by atoms with Crippen molar-refractivity contribution in [3.63, 3.8) is 0 Å². The molecule has 7 nitrogen and oxygen atoms in total. The molecule has 1 aliphatic rings. The molecule has 1 heterocycles. The van der Waals surface area contributed by atoms with Gasteiger partial charge in [-0.25, -0.2) is 4.68 Å². The van der Waals surface area contributed by atoms with E-state index in [-0.39, 0.29) is 11.1 Å². The fourth-order valence-corrected chi connectivity index (χ4v) is 4.22. The van der Waals surface area contributed by atoms with Crippen molar-refractivity contribution in [2.24, 2.45) is 5.73 Å². The number of nitrogens with two attached hydrogens (primary N) is 1. The van der Waals surface area contributed by atoms with E-state index in [2.05, 4.69) is 5.10 Å². The molecule has 0 radical (unpaired) electrons. The van der Waals surface area contributed by atoms with E-state index in [0.29, 0.717) is 41.2 Å². The molecular formula is C24H22F3N3O4. The summed E-state index contributed by atoms with van der Waals surface area (Å²) in [6.45, 7) is -0.476. The Hall–Kier alpha value is -3.82. The van der Waals surface area contributed by atoms with Crippen molar-refractivity contribution in [1.29, 1.82) is 0 Å². The number of ether oxygens (including phenoxy) is 2. The van der Waals surface area contributed by atoms with Gasteiger partial charge in [0.25, 0.3) is 5.56 Å². The number of alkyl halides is 3. The first kappa shape index (κ1) is 23.3. The van der Waals surface area contributed by atoms with Gasteiger partial charge in [-0.3, -0.25) is 9.59 Å². The summed E-state index contributed by atoms with van der Waals surface area (Å²) >= 11 is 0. The maximum Gasteiger partial charge on any atom is 0.416 e. The summed E-state index contributed by atoms with van der Waals surface area (Å²) in [6.07, 6.45) is -2.83. The number of rotatable bonds is 6. The van der Waals surface area contributed by atoms with Gasteiger partial charge in [0.15, 0.2) is 0 Å². The van der Waals surface area contributed by atoms with E-state index in [1.54, 1.807) is 18.2 Å². The number of benzene rings is 2. The van der Waals surface area contributed by atoms with Crippen LogP contribution >= 0.6 is 0 Å². The standard InChI is InChI=1S/C24H22F3N3O4/c1-33-16-9-14(10-17(11-16)34-2)21-18-4-3-5-19(18)23(32)30(29-21)12-15-8-13(22(28)31)6-7-20(15)24(25,26)27/h6-11H,3-5,12H2,1-2H3,(H2,28,31).